The Balaban J connectivity index is 1.90. The molecule has 2 rings (SSSR count). The Kier molecular flexibility index (Phi) is 6.27. The van der Waals surface area contributed by atoms with E-state index in [1.165, 1.54) is 16.0 Å². The van der Waals surface area contributed by atoms with Gasteiger partial charge in [-0.05, 0) is 44.2 Å². The molecule has 112 valence electrons. The molecule has 2 aromatic rings. The first kappa shape index (κ1) is 16.1. The predicted octanol–water partition coefficient (Wildman–Crippen LogP) is 3.88. The Hall–Kier alpha value is -1.32. The summed E-state index contributed by atoms with van der Waals surface area (Å²) >= 11 is 1.90. The molecule has 0 aliphatic carbocycles. The number of nitrogens with one attached hydrogen (secondary N) is 1. The molecule has 0 saturated carbocycles. The Morgan fingerprint density at radius 2 is 2.10 bits per heavy atom. The van der Waals surface area contributed by atoms with Crippen LogP contribution in [0, 0.1) is 6.92 Å². The molecule has 2 nitrogen and oxygen atoms in total. The summed E-state index contributed by atoms with van der Waals surface area (Å²) in [5.74, 6) is 1.05. The highest BCUT2D eigenvalue weighted by molar-refractivity contribution is 7.99. The Morgan fingerprint density at radius 3 is 2.71 bits per heavy atom. The van der Waals surface area contributed by atoms with Crippen LogP contribution in [0.1, 0.15) is 23.7 Å². The number of rotatable bonds is 7. The zero-order valence-electron chi connectivity index (χ0n) is 13.1. The standard InChI is InChI=1S/C18H24N2S/c1-4-15-8-9-16(20-12-15)11-17(19-3)13-21-18-7-5-6-14(2)10-18/h5-10,12,17,19H,4,11,13H2,1-3H3. The Labute approximate surface area is 132 Å². The van der Waals surface area contributed by atoms with Crippen molar-refractivity contribution in [2.24, 2.45) is 0 Å². The molecule has 0 radical (unpaired) electrons. The van der Waals surface area contributed by atoms with Crippen LogP contribution in [0.5, 0.6) is 0 Å². The molecule has 1 heterocycles. The number of pyridine rings is 1. The number of hydrogen-bond donors (Lipinski definition) is 1. The van der Waals surface area contributed by atoms with Crippen molar-refractivity contribution in [2.45, 2.75) is 37.6 Å². The van der Waals surface area contributed by atoms with Gasteiger partial charge in [-0.25, -0.2) is 0 Å². The average molecular weight is 300 g/mol. The lowest BCUT2D eigenvalue weighted by Gasteiger charge is -2.15. The van der Waals surface area contributed by atoms with E-state index in [1.54, 1.807) is 0 Å². The second-order valence-electron chi connectivity index (χ2n) is 5.33. The van der Waals surface area contributed by atoms with Crippen LogP contribution in [0.25, 0.3) is 0 Å². The highest BCUT2D eigenvalue weighted by atomic mass is 32.2. The lowest BCUT2D eigenvalue weighted by Crippen LogP contribution is -2.30. The fourth-order valence-corrected chi connectivity index (χ4v) is 3.31. The SMILES string of the molecule is CCc1ccc(CC(CSc2cccc(C)c2)NC)nc1. The average Bonchev–Trinajstić information content (AvgIpc) is 2.52. The van der Waals surface area contributed by atoms with Crippen LogP contribution in [0.2, 0.25) is 0 Å². The van der Waals surface area contributed by atoms with E-state index in [1.807, 2.05) is 25.0 Å². The smallest absolute Gasteiger partial charge is 0.0419 e. The molecule has 0 amide bonds. The third-order valence-corrected chi connectivity index (χ3v) is 4.76. The van der Waals surface area contributed by atoms with Crippen LogP contribution in [-0.4, -0.2) is 23.8 Å². The van der Waals surface area contributed by atoms with E-state index in [9.17, 15) is 0 Å². The number of nitrogens with zero attached hydrogens (tertiary/aromatic N) is 1. The number of aryl methyl sites for hydroxylation is 2. The molecule has 1 unspecified atom stereocenters. The monoisotopic (exact) mass is 300 g/mol. The van der Waals surface area contributed by atoms with E-state index in [-0.39, 0.29) is 0 Å². The van der Waals surface area contributed by atoms with Crippen molar-refractivity contribution in [2.75, 3.05) is 12.8 Å². The summed E-state index contributed by atoms with van der Waals surface area (Å²) in [6, 6.07) is 13.5. The quantitative estimate of drug-likeness (QED) is 0.786. The Bertz CT molecular complexity index is 551. The molecule has 0 aliphatic heterocycles. The molecule has 0 spiro atoms. The summed E-state index contributed by atoms with van der Waals surface area (Å²) in [6.07, 6.45) is 4.01. The minimum atomic E-state index is 0.440. The first-order valence-corrected chi connectivity index (χ1v) is 8.50. The minimum Gasteiger partial charge on any atom is -0.316 e. The van der Waals surface area contributed by atoms with Crippen LogP contribution in [0.3, 0.4) is 0 Å². The molecule has 3 heteroatoms. The second-order valence-corrected chi connectivity index (χ2v) is 6.42. The first-order chi connectivity index (χ1) is 10.2. The maximum absolute atomic E-state index is 4.56. The lowest BCUT2D eigenvalue weighted by atomic mass is 10.1. The van der Waals surface area contributed by atoms with Gasteiger partial charge in [-0.3, -0.25) is 4.98 Å². The Morgan fingerprint density at radius 1 is 1.24 bits per heavy atom. The normalized spacial score (nSPS) is 12.3. The topological polar surface area (TPSA) is 24.9 Å². The first-order valence-electron chi connectivity index (χ1n) is 7.51. The van der Waals surface area contributed by atoms with Crippen molar-refractivity contribution in [1.82, 2.24) is 10.3 Å². The predicted molar refractivity (Wildman–Crippen MR) is 92.1 cm³/mol. The summed E-state index contributed by atoms with van der Waals surface area (Å²) in [5, 5.41) is 3.40. The molecule has 0 saturated heterocycles. The van der Waals surface area contributed by atoms with Gasteiger partial charge in [-0.1, -0.05) is 30.7 Å². The lowest BCUT2D eigenvalue weighted by molar-refractivity contribution is 0.608. The van der Waals surface area contributed by atoms with Gasteiger partial charge < -0.3 is 5.32 Å². The van der Waals surface area contributed by atoms with Gasteiger partial charge >= 0.3 is 0 Å². The van der Waals surface area contributed by atoms with Crippen molar-refractivity contribution < 1.29 is 0 Å². The molecule has 21 heavy (non-hydrogen) atoms. The van der Waals surface area contributed by atoms with Gasteiger partial charge in [0.15, 0.2) is 0 Å². The maximum atomic E-state index is 4.56. The fourth-order valence-electron chi connectivity index (χ4n) is 2.18. The summed E-state index contributed by atoms with van der Waals surface area (Å²) in [7, 11) is 2.03. The highest BCUT2D eigenvalue weighted by Crippen LogP contribution is 2.20. The number of thioether (sulfide) groups is 1. The molecule has 0 aliphatic rings. The zero-order valence-corrected chi connectivity index (χ0v) is 13.9. The maximum Gasteiger partial charge on any atom is 0.0419 e. The van der Waals surface area contributed by atoms with Crippen molar-refractivity contribution >= 4 is 11.8 Å². The largest absolute Gasteiger partial charge is 0.316 e. The third kappa shape index (κ3) is 5.18. The van der Waals surface area contributed by atoms with E-state index in [4.69, 9.17) is 0 Å². The van der Waals surface area contributed by atoms with Gasteiger partial charge in [0.05, 0.1) is 0 Å². The fraction of sp³-hybridized carbons (Fsp3) is 0.389. The van der Waals surface area contributed by atoms with Gasteiger partial charge in [0.2, 0.25) is 0 Å². The molecular formula is C18H24N2S. The summed E-state index contributed by atoms with van der Waals surface area (Å²) in [6.45, 7) is 4.30. The second kappa shape index (κ2) is 8.20. The summed E-state index contributed by atoms with van der Waals surface area (Å²) in [5.41, 5.74) is 3.78. The van der Waals surface area contributed by atoms with E-state index >= 15 is 0 Å². The van der Waals surface area contributed by atoms with Crippen LogP contribution in [0.4, 0.5) is 0 Å². The van der Waals surface area contributed by atoms with E-state index in [0.29, 0.717) is 6.04 Å². The summed E-state index contributed by atoms with van der Waals surface area (Å²) < 4.78 is 0. The molecular weight excluding hydrogens is 276 g/mol. The minimum absolute atomic E-state index is 0.440. The van der Waals surface area contributed by atoms with Gasteiger partial charge in [0.1, 0.15) is 0 Å². The van der Waals surface area contributed by atoms with Gasteiger partial charge in [-0.2, -0.15) is 0 Å². The van der Waals surface area contributed by atoms with E-state index < -0.39 is 0 Å². The van der Waals surface area contributed by atoms with E-state index in [2.05, 4.69) is 60.5 Å². The molecule has 0 bridgehead atoms. The molecule has 0 fully saturated rings. The molecule has 1 atom stereocenters. The zero-order chi connectivity index (χ0) is 15.1. The van der Waals surface area contributed by atoms with Gasteiger partial charge in [0.25, 0.3) is 0 Å². The van der Waals surface area contributed by atoms with Gasteiger partial charge in [0, 0.05) is 35.0 Å². The van der Waals surface area contributed by atoms with Crippen LogP contribution in [0.15, 0.2) is 47.5 Å². The van der Waals surface area contributed by atoms with Crippen LogP contribution >= 0.6 is 11.8 Å². The number of benzene rings is 1. The highest BCUT2D eigenvalue weighted by Gasteiger charge is 2.09. The van der Waals surface area contributed by atoms with E-state index in [0.717, 1.165) is 24.3 Å². The van der Waals surface area contributed by atoms with Crippen molar-refractivity contribution in [3.63, 3.8) is 0 Å². The molecule has 1 aromatic heterocycles. The number of likely N-dealkylation sites (N-methyl/N-ethyl adjacent to an activating group) is 1. The van der Waals surface area contributed by atoms with Crippen LogP contribution < -0.4 is 5.32 Å². The van der Waals surface area contributed by atoms with Crippen molar-refractivity contribution in [3.05, 3.63) is 59.4 Å². The number of hydrogen-bond acceptors (Lipinski definition) is 3. The molecule has 1 N–H and O–H groups in total. The third-order valence-electron chi connectivity index (χ3n) is 3.60. The summed E-state index contributed by atoms with van der Waals surface area (Å²) in [4.78, 5) is 5.89. The number of aromatic nitrogens is 1. The van der Waals surface area contributed by atoms with Crippen molar-refractivity contribution in [3.8, 4) is 0 Å². The molecule has 1 aromatic carbocycles. The van der Waals surface area contributed by atoms with Crippen molar-refractivity contribution in [1.29, 1.82) is 0 Å². The van der Waals surface area contributed by atoms with Gasteiger partial charge in [-0.15, -0.1) is 11.8 Å². The van der Waals surface area contributed by atoms with Crippen LogP contribution in [-0.2, 0) is 12.8 Å².